The van der Waals surface area contributed by atoms with Gasteiger partial charge in [0.25, 0.3) is 0 Å². The molecular formula is C22H25NOS. The number of carbonyl (C=O) groups is 1. The van der Waals surface area contributed by atoms with Gasteiger partial charge in [0.1, 0.15) is 0 Å². The second kappa shape index (κ2) is 7.49. The minimum absolute atomic E-state index is 0.109. The SMILES string of the molecule is CCC(SC(C)C)n1c(C)c(C(=O)c2ccccc2)c2ccccc21. The van der Waals surface area contributed by atoms with E-state index in [1.54, 1.807) is 0 Å². The lowest BCUT2D eigenvalue weighted by Crippen LogP contribution is -2.10. The van der Waals surface area contributed by atoms with Crippen molar-refractivity contribution in [2.24, 2.45) is 0 Å². The predicted molar refractivity (Wildman–Crippen MR) is 109 cm³/mol. The van der Waals surface area contributed by atoms with E-state index >= 15 is 0 Å². The van der Waals surface area contributed by atoms with Crippen LogP contribution >= 0.6 is 11.8 Å². The number of para-hydroxylation sites is 1. The first-order chi connectivity index (χ1) is 12.0. The van der Waals surface area contributed by atoms with Crippen molar-refractivity contribution in [1.29, 1.82) is 0 Å². The van der Waals surface area contributed by atoms with Crippen molar-refractivity contribution in [1.82, 2.24) is 4.57 Å². The van der Waals surface area contributed by atoms with Crippen LogP contribution in [0.2, 0.25) is 0 Å². The van der Waals surface area contributed by atoms with E-state index in [-0.39, 0.29) is 5.78 Å². The molecule has 3 heteroatoms. The van der Waals surface area contributed by atoms with Gasteiger partial charge in [-0.1, -0.05) is 69.3 Å². The smallest absolute Gasteiger partial charge is 0.195 e. The zero-order chi connectivity index (χ0) is 18.0. The Morgan fingerprint density at radius 2 is 1.68 bits per heavy atom. The summed E-state index contributed by atoms with van der Waals surface area (Å²) >= 11 is 1.95. The van der Waals surface area contributed by atoms with Crippen LogP contribution in [0.25, 0.3) is 10.9 Å². The van der Waals surface area contributed by atoms with Gasteiger partial charge in [0.15, 0.2) is 5.78 Å². The number of nitrogens with zero attached hydrogens (tertiary/aromatic N) is 1. The van der Waals surface area contributed by atoms with E-state index in [0.717, 1.165) is 34.1 Å². The summed E-state index contributed by atoms with van der Waals surface area (Å²) in [6, 6.07) is 17.9. The summed E-state index contributed by atoms with van der Waals surface area (Å²) in [6.07, 6.45) is 1.03. The molecule has 0 saturated heterocycles. The second-order valence-electron chi connectivity index (χ2n) is 6.59. The molecule has 25 heavy (non-hydrogen) atoms. The third-order valence-corrected chi connectivity index (χ3v) is 5.89. The van der Waals surface area contributed by atoms with Crippen LogP contribution in [0.5, 0.6) is 0 Å². The zero-order valence-electron chi connectivity index (χ0n) is 15.3. The molecule has 0 N–H and O–H groups in total. The third kappa shape index (κ3) is 3.38. The van der Waals surface area contributed by atoms with E-state index in [1.807, 2.05) is 48.2 Å². The quantitative estimate of drug-likeness (QED) is 0.491. The van der Waals surface area contributed by atoms with Crippen molar-refractivity contribution in [3.8, 4) is 0 Å². The fraction of sp³-hybridized carbons (Fsp3) is 0.318. The molecule has 0 radical (unpaired) electrons. The Bertz CT molecular complexity index is 880. The minimum atomic E-state index is 0.109. The summed E-state index contributed by atoms with van der Waals surface area (Å²) in [4.78, 5) is 13.2. The van der Waals surface area contributed by atoms with Gasteiger partial charge in [-0.2, -0.15) is 0 Å². The molecule has 2 aromatic carbocycles. The highest BCUT2D eigenvalue weighted by atomic mass is 32.2. The molecule has 1 aromatic heterocycles. The van der Waals surface area contributed by atoms with Crippen LogP contribution in [0.1, 0.15) is 54.2 Å². The lowest BCUT2D eigenvalue weighted by molar-refractivity contribution is 0.103. The molecule has 0 bridgehead atoms. The van der Waals surface area contributed by atoms with E-state index in [2.05, 4.69) is 50.5 Å². The molecule has 0 amide bonds. The number of ketones is 1. The molecule has 2 nitrogen and oxygen atoms in total. The van der Waals surface area contributed by atoms with Gasteiger partial charge >= 0.3 is 0 Å². The maximum absolute atomic E-state index is 13.2. The molecule has 0 aliphatic rings. The maximum Gasteiger partial charge on any atom is 0.195 e. The van der Waals surface area contributed by atoms with E-state index in [0.29, 0.717) is 10.6 Å². The van der Waals surface area contributed by atoms with Gasteiger partial charge in [0.2, 0.25) is 0 Å². The van der Waals surface area contributed by atoms with Gasteiger partial charge in [0, 0.05) is 27.4 Å². The first-order valence-corrected chi connectivity index (χ1v) is 9.83. The monoisotopic (exact) mass is 351 g/mol. The summed E-state index contributed by atoms with van der Waals surface area (Å²) in [5, 5.41) is 1.93. The first-order valence-electron chi connectivity index (χ1n) is 8.89. The molecule has 0 aliphatic carbocycles. The Hall–Kier alpha value is -2.00. The van der Waals surface area contributed by atoms with Gasteiger partial charge in [-0.15, -0.1) is 11.8 Å². The van der Waals surface area contributed by atoms with Crippen LogP contribution in [0.4, 0.5) is 0 Å². The van der Waals surface area contributed by atoms with Gasteiger partial charge in [-0.25, -0.2) is 0 Å². The summed E-state index contributed by atoms with van der Waals surface area (Å²) in [6.45, 7) is 8.75. The molecule has 1 atom stereocenters. The maximum atomic E-state index is 13.2. The average Bonchev–Trinajstić information content (AvgIpc) is 2.91. The Balaban J connectivity index is 2.21. The summed E-state index contributed by atoms with van der Waals surface area (Å²) in [5.41, 5.74) is 3.80. The molecule has 3 rings (SSSR count). The van der Waals surface area contributed by atoms with E-state index < -0.39 is 0 Å². The van der Waals surface area contributed by atoms with Crippen molar-refractivity contribution in [2.75, 3.05) is 0 Å². The Labute approximate surface area is 154 Å². The molecule has 1 unspecified atom stereocenters. The van der Waals surface area contributed by atoms with Crippen LogP contribution in [0.15, 0.2) is 54.6 Å². The van der Waals surface area contributed by atoms with Crippen LogP contribution in [-0.4, -0.2) is 15.6 Å². The highest BCUT2D eigenvalue weighted by Gasteiger charge is 2.24. The third-order valence-electron chi connectivity index (χ3n) is 4.49. The fourth-order valence-electron chi connectivity index (χ4n) is 3.44. The number of rotatable bonds is 6. The van der Waals surface area contributed by atoms with Crippen molar-refractivity contribution in [3.63, 3.8) is 0 Å². The average molecular weight is 352 g/mol. The lowest BCUT2D eigenvalue weighted by Gasteiger charge is -2.22. The topological polar surface area (TPSA) is 22.0 Å². The largest absolute Gasteiger partial charge is 0.332 e. The molecule has 130 valence electrons. The molecule has 0 fully saturated rings. The highest BCUT2D eigenvalue weighted by Crippen LogP contribution is 2.38. The van der Waals surface area contributed by atoms with E-state index in [1.165, 1.54) is 0 Å². The van der Waals surface area contributed by atoms with Crippen molar-refractivity contribution >= 4 is 28.4 Å². The number of aromatic nitrogens is 1. The standard InChI is InChI=1S/C22H25NOS/c1-5-20(25-15(2)3)23-16(4)21(18-13-9-10-14-19(18)23)22(24)17-11-7-6-8-12-17/h6-15,20H,5H2,1-4H3. The second-order valence-corrected chi connectivity index (χ2v) is 8.35. The fourth-order valence-corrected chi connectivity index (χ4v) is 4.65. The van der Waals surface area contributed by atoms with Crippen molar-refractivity contribution in [2.45, 2.75) is 44.7 Å². The number of hydrogen-bond acceptors (Lipinski definition) is 2. The number of hydrogen-bond donors (Lipinski definition) is 0. The Morgan fingerprint density at radius 3 is 2.32 bits per heavy atom. The Morgan fingerprint density at radius 1 is 1.04 bits per heavy atom. The summed E-state index contributed by atoms with van der Waals surface area (Å²) in [5.74, 6) is 0.109. The number of benzene rings is 2. The molecule has 3 aromatic rings. The molecule has 0 saturated carbocycles. The predicted octanol–water partition coefficient (Wildman–Crippen LogP) is 6.23. The number of thioether (sulfide) groups is 1. The zero-order valence-corrected chi connectivity index (χ0v) is 16.1. The van der Waals surface area contributed by atoms with Gasteiger partial charge < -0.3 is 4.57 Å². The van der Waals surface area contributed by atoms with Gasteiger partial charge in [-0.3, -0.25) is 4.79 Å². The number of fused-ring (bicyclic) bond motifs is 1. The van der Waals surface area contributed by atoms with Crippen LogP contribution in [0, 0.1) is 6.92 Å². The molecule has 1 heterocycles. The van der Waals surface area contributed by atoms with Crippen LogP contribution in [-0.2, 0) is 0 Å². The summed E-state index contributed by atoms with van der Waals surface area (Å²) in [7, 11) is 0. The normalized spacial score (nSPS) is 12.7. The van der Waals surface area contributed by atoms with Crippen molar-refractivity contribution < 1.29 is 4.79 Å². The lowest BCUT2D eigenvalue weighted by atomic mass is 10.0. The first kappa shape index (κ1) is 17.8. The summed E-state index contributed by atoms with van der Waals surface area (Å²) < 4.78 is 2.36. The van der Waals surface area contributed by atoms with Crippen molar-refractivity contribution in [3.05, 3.63) is 71.4 Å². The highest BCUT2D eigenvalue weighted by molar-refractivity contribution is 7.99. The number of carbonyl (C=O) groups excluding carboxylic acids is 1. The van der Waals surface area contributed by atoms with Gasteiger partial charge in [0.05, 0.1) is 10.9 Å². The van der Waals surface area contributed by atoms with Crippen LogP contribution in [0.3, 0.4) is 0 Å². The van der Waals surface area contributed by atoms with Crippen LogP contribution < -0.4 is 0 Å². The van der Waals surface area contributed by atoms with E-state index in [9.17, 15) is 4.79 Å². The molecule has 0 aliphatic heterocycles. The van der Waals surface area contributed by atoms with E-state index in [4.69, 9.17) is 0 Å². The Kier molecular flexibility index (Phi) is 5.33. The molecular weight excluding hydrogens is 326 g/mol. The van der Waals surface area contributed by atoms with Gasteiger partial charge in [-0.05, 0) is 19.4 Å². The minimum Gasteiger partial charge on any atom is -0.332 e. The molecule has 0 spiro atoms.